The Morgan fingerprint density at radius 1 is 1.37 bits per heavy atom. The van der Waals surface area contributed by atoms with Gasteiger partial charge in [0.25, 0.3) is 5.91 Å². The first kappa shape index (κ1) is 22.3. The molecule has 2 aromatic rings. The minimum Gasteiger partial charge on any atom is -0.362 e. The van der Waals surface area contributed by atoms with E-state index in [-0.39, 0.29) is 24.8 Å². The lowest BCUT2D eigenvalue weighted by Gasteiger charge is -2.33. The zero-order valence-corrected chi connectivity index (χ0v) is 17.2. The van der Waals surface area contributed by atoms with Gasteiger partial charge in [-0.3, -0.25) is 10.1 Å². The van der Waals surface area contributed by atoms with Crippen LogP contribution in [-0.4, -0.2) is 41.7 Å². The molecule has 0 aliphatic carbocycles. The normalized spacial score (nSPS) is 21.1. The fraction of sp³-hybridized carbons (Fsp3) is 0.444. The van der Waals surface area contributed by atoms with Crippen molar-refractivity contribution in [2.75, 3.05) is 12.0 Å². The molecule has 1 aromatic carbocycles. The molecule has 0 bridgehead atoms. The van der Waals surface area contributed by atoms with Crippen molar-refractivity contribution in [3.05, 3.63) is 47.3 Å². The summed E-state index contributed by atoms with van der Waals surface area (Å²) in [6, 6.07) is 5.91. The van der Waals surface area contributed by atoms with Crippen molar-refractivity contribution in [1.82, 2.24) is 15.1 Å². The number of benzene rings is 1. The van der Waals surface area contributed by atoms with Crippen LogP contribution >= 0.6 is 0 Å². The second-order valence-corrected chi connectivity index (χ2v) is 10.0. The molecule has 0 fully saturated rings. The number of fused-ring (bicyclic) bond motifs is 1. The van der Waals surface area contributed by atoms with Crippen molar-refractivity contribution in [3.63, 3.8) is 0 Å². The number of carbonyl (C=O) groups excluding carboxylic acids is 1. The molecular formula is C18H23F2N5O4S. The fourth-order valence-electron chi connectivity index (χ4n) is 2.88. The Kier molecular flexibility index (Phi) is 6.22. The van der Waals surface area contributed by atoms with E-state index in [0.29, 0.717) is 21.5 Å². The lowest BCUT2D eigenvalue weighted by Crippen LogP contribution is -2.58. The summed E-state index contributed by atoms with van der Waals surface area (Å²) in [5.74, 6) is -1.00. The van der Waals surface area contributed by atoms with Crippen LogP contribution in [0.3, 0.4) is 0 Å². The minimum atomic E-state index is -3.68. The van der Waals surface area contributed by atoms with E-state index in [0.717, 1.165) is 12.3 Å². The van der Waals surface area contributed by atoms with Gasteiger partial charge in [-0.25, -0.2) is 13.1 Å². The number of sulfone groups is 1. The van der Waals surface area contributed by atoms with Crippen molar-refractivity contribution < 1.29 is 26.7 Å². The number of halogens is 2. The first-order chi connectivity index (χ1) is 14.0. The van der Waals surface area contributed by atoms with E-state index in [4.69, 9.17) is 10.5 Å². The van der Waals surface area contributed by atoms with Gasteiger partial charge in [0, 0.05) is 11.9 Å². The molecule has 1 aliphatic rings. The number of aromatic nitrogens is 2. The van der Waals surface area contributed by atoms with E-state index in [2.05, 4.69) is 15.7 Å². The highest BCUT2D eigenvalue weighted by molar-refractivity contribution is 7.92. The van der Waals surface area contributed by atoms with Gasteiger partial charge in [0.15, 0.2) is 15.5 Å². The Bertz CT molecular complexity index is 1040. The van der Waals surface area contributed by atoms with E-state index in [9.17, 15) is 22.0 Å². The Morgan fingerprint density at radius 3 is 2.77 bits per heavy atom. The molecule has 0 radical (unpaired) electrons. The summed E-state index contributed by atoms with van der Waals surface area (Å²) in [5.41, 5.74) is 7.20. The zero-order valence-electron chi connectivity index (χ0n) is 16.4. The standard InChI is InChI=1S/C18H23F2N5O4S/c1-18(2)16(21)22-10-29-8-11-3-4-13(7-12(11)9-30(18,27)28)23-15(26)14-5-6-25(24-14)17(19)20/h3-7,16-17,22H,8-10,21H2,1-2H3,(H,23,26). The third-order valence-electron chi connectivity index (χ3n) is 5.06. The van der Waals surface area contributed by atoms with Crippen molar-refractivity contribution in [1.29, 1.82) is 0 Å². The maximum absolute atomic E-state index is 13.0. The SMILES string of the molecule is CC1(C)C(N)NCOCc2ccc(NC(=O)c3ccn(C(F)F)n3)cc2CS1(=O)=O. The van der Waals surface area contributed by atoms with E-state index in [1.165, 1.54) is 19.9 Å². The van der Waals surface area contributed by atoms with Gasteiger partial charge < -0.3 is 15.8 Å². The van der Waals surface area contributed by atoms with Crippen molar-refractivity contribution in [2.45, 2.75) is 43.7 Å². The molecule has 1 atom stereocenters. The highest BCUT2D eigenvalue weighted by Crippen LogP contribution is 2.28. The summed E-state index contributed by atoms with van der Waals surface area (Å²) in [4.78, 5) is 12.3. The first-order valence-corrected chi connectivity index (χ1v) is 10.7. The van der Waals surface area contributed by atoms with Crippen LogP contribution in [0.4, 0.5) is 14.5 Å². The quantitative estimate of drug-likeness (QED) is 0.657. The third kappa shape index (κ3) is 4.51. The van der Waals surface area contributed by atoms with Crippen molar-refractivity contribution >= 4 is 21.4 Å². The summed E-state index contributed by atoms with van der Waals surface area (Å²) < 4.78 is 55.9. The van der Waals surface area contributed by atoms with Gasteiger partial charge in [-0.2, -0.15) is 13.9 Å². The zero-order chi connectivity index (χ0) is 22.1. The topological polar surface area (TPSA) is 128 Å². The van der Waals surface area contributed by atoms with E-state index in [1.807, 2.05) is 0 Å². The Labute approximate surface area is 172 Å². The number of carbonyl (C=O) groups is 1. The highest BCUT2D eigenvalue weighted by Gasteiger charge is 2.40. The molecule has 30 heavy (non-hydrogen) atoms. The molecule has 3 rings (SSSR count). The second kappa shape index (κ2) is 8.38. The van der Waals surface area contributed by atoms with Crippen LogP contribution < -0.4 is 16.4 Å². The molecule has 0 saturated heterocycles. The summed E-state index contributed by atoms with van der Waals surface area (Å²) in [6.07, 6.45) is 0.160. The molecule has 4 N–H and O–H groups in total. The molecule has 0 spiro atoms. The van der Waals surface area contributed by atoms with Crippen LogP contribution in [0, 0.1) is 0 Å². The third-order valence-corrected chi connectivity index (χ3v) is 7.61. The Hall–Kier alpha value is -2.41. The van der Waals surface area contributed by atoms with Crippen molar-refractivity contribution in [2.24, 2.45) is 5.73 Å². The van der Waals surface area contributed by atoms with E-state index >= 15 is 0 Å². The van der Waals surface area contributed by atoms with Crippen LogP contribution in [0.15, 0.2) is 30.5 Å². The van der Waals surface area contributed by atoms with Gasteiger partial charge in [0.2, 0.25) is 0 Å². The molecule has 1 aromatic heterocycles. The maximum atomic E-state index is 13.0. The Balaban J connectivity index is 1.88. The van der Waals surface area contributed by atoms with Gasteiger partial charge in [-0.05, 0) is 43.2 Å². The summed E-state index contributed by atoms with van der Waals surface area (Å²) >= 11 is 0. The molecule has 0 saturated carbocycles. The molecule has 12 heteroatoms. The average molecular weight is 443 g/mol. The predicted molar refractivity (Wildman–Crippen MR) is 105 cm³/mol. The first-order valence-electron chi connectivity index (χ1n) is 9.07. The Morgan fingerprint density at radius 2 is 2.10 bits per heavy atom. The number of rotatable bonds is 3. The smallest absolute Gasteiger partial charge is 0.333 e. The number of anilines is 1. The highest BCUT2D eigenvalue weighted by atomic mass is 32.2. The van der Waals surface area contributed by atoms with Gasteiger partial charge in [0.05, 0.1) is 30.0 Å². The predicted octanol–water partition coefficient (Wildman–Crippen LogP) is 1.59. The molecule has 1 aliphatic heterocycles. The number of nitrogens with two attached hydrogens (primary N) is 1. The molecule has 2 heterocycles. The van der Waals surface area contributed by atoms with Crippen LogP contribution in [0.25, 0.3) is 0 Å². The lowest BCUT2D eigenvalue weighted by molar-refractivity contribution is 0.0561. The fourth-order valence-corrected chi connectivity index (χ4v) is 4.40. The molecule has 164 valence electrons. The summed E-state index contributed by atoms with van der Waals surface area (Å²) in [5, 5.41) is 8.91. The molecule has 1 unspecified atom stereocenters. The number of hydrogen-bond acceptors (Lipinski definition) is 7. The van der Waals surface area contributed by atoms with Crippen LogP contribution in [0.5, 0.6) is 0 Å². The van der Waals surface area contributed by atoms with Crippen molar-refractivity contribution in [3.8, 4) is 0 Å². The molecule has 1 amide bonds. The number of ether oxygens (including phenoxy) is 1. The van der Waals surface area contributed by atoms with Crippen LogP contribution in [0.2, 0.25) is 0 Å². The molecule has 9 nitrogen and oxygen atoms in total. The van der Waals surface area contributed by atoms with Gasteiger partial charge in [-0.1, -0.05) is 6.07 Å². The van der Waals surface area contributed by atoms with E-state index < -0.39 is 33.2 Å². The number of hydrogen-bond donors (Lipinski definition) is 3. The van der Waals surface area contributed by atoms with Crippen LogP contribution in [-0.2, 0) is 26.9 Å². The minimum absolute atomic E-state index is 0.0742. The number of amides is 1. The van der Waals surface area contributed by atoms with E-state index in [1.54, 1.807) is 12.1 Å². The number of nitrogens with zero attached hydrogens (tertiary/aromatic N) is 2. The summed E-state index contributed by atoms with van der Waals surface area (Å²) in [7, 11) is -3.68. The lowest BCUT2D eigenvalue weighted by atomic mass is 10.1. The van der Waals surface area contributed by atoms with Gasteiger partial charge in [-0.15, -0.1) is 0 Å². The maximum Gasteiger partial charge on any atom is 0.333 e. The summed E-state index contributed by atoms with van der Waals surface area (Å²) in [6.45, 7) is 0.437. The van der Waals surface area contributed by atoms with Gasteiger partial charge >= 0.3 is 6.55 Å². The monoisotopic (exact) mass is 443 g/mol. The largest absolute Gasteiger partial charge is 0.362 e. The second-order valence-electron chi connectivity index (χ2n) is 7.43. The average Bonchev–Trinajstić information content (AvgIpc) is 3.16. The number of nitrogens with one attached hydrogen (secondary N) is 2. The number of alkyl halides is 2. The van der Waals surface area contributed by atoms with Gasteiger partial charge in [0.1, 0.15) is 0 Å². The van der Waals surface area contributed by atoms with Crippen LogP contribution in [0.1, 0.15) is 42.0 Å². The molecular weight excluding hydrogens is 420 g/mol.